The number of carboxylic acid groups (broad SMARTS) is 1. The van der Waals surface area contributed by atoms with Gasteiger partial charge in [-0.1, -0.05) is 50.1 Å². The van der Waals surface area contributed by atoms with Gasteiger partial charge >= 0.3 is 5.97 Å². The number of carbonyl (C=O) groups excluding carboxylic acids is 1. The van der Waals surface area contributed by atoms with E-state index in [1.54, 1.807) is 6.07 Å². The van der Waals surface area contributed by atoms with Crippen LogP contribution in [0.4, 0.5) is 0 Å². The largest absolute Gasteiger partial charge is 0.480 e. The number of carboxylic acids is 1. The van der Waals surface area contributed by atoms with E-state index in [0.717, 1.165) is 24.1 Å². The molecule has 2 aromatic rings. The summed E-state index contributed by atoms with van der Waals surface area (Å²) >= 11 is 0. The molecule has 0 saturated carbocycles. The zero-order valence-corrected chi connectivity index (χ0v) is 12.5. The van der Waals surface area contributed by atoms with E-state index in [0.29, 0.717) is 12.1 Å². The van der Waals surface area contributed by atoms with Crippen molar-refractivity contribution >= 4 is 11.9 Å². The van der Waals surface area contributed by atoms with E-state index < -0.39 is 17.9 Å². The van der Waals surface area contributed by atoms with Crippen LogP contribution in [0.15, 0.2) is 42.5 Å². The van der Waals surface area contributed by atoms with Gasteiger partial charge in [-0.05, 0) is 24.1 Å². The van der Waals surface area contributed by atoms with Gasteiger partial charge in [0.25, 0.3) is 5.91 Å². The fourth-order valence-corrected chi connectivity index (χ4v) is 2.22. The molecule has 5 nitrogen and oxygen atoms in total. The molecule has 3 N–H and O–H groups in total. The molecule has 0 aliphatic heterocycles. The van der Waals surface area contributed by atoms with Crippen molar-refractivity contribution in [1.82, 2.24) is 10.3 Å². The average molecular weight is 300 g/mol. The number of rotatable bonds is 7. The lowest BCUT2D eigenvalue weighted by Gasteiger charge is -2.13. The highest BCUT2D eigenvalue weighted by Crippen LogP contribution is 2.18. The van der Waals surface area contributed by atoms with Gasteiger partial charge in [0.15, 0.2) is 0 Å². The number of nitrogens with one attached hydrogen (secondary N) is 2. The molecule has 1 heterocycles. The van der Waals surface area contributed by atoms with Gasteiger partial charge in [0, 0.05) is 5.69 Å². The van der Waals surface area contributed by atoms with Crippen molar-refractivity contribution in [2.24, 2.45) is 0 Å². The molecule has 116 valence electrons. The zero-order chi connectivity index (χ0) is 15.9. The summed E-state index contributed by atoms with van der Waals surface area (Å²) in [4.78, 5) is 26.4. The summed E-state index contributed by atoms with van der Waals surface area (Å²) in [6.07, 6.45) is 2.08. The highest BCUT2D eigenvalue weighted by molar-refractivity contribution is 5.95. The highest BCUT2D eigenvalue weighted by Gasteiger charge is 2.20. The smallest absolute Gasteiger partial charge is 0.326 e. The van der Waals surface area contributed by atoms with Crippen LogP contribution in [0.2, 0.25) is 0 Å². The Labute approximate surface area is 129 Å². The minimum Gasteiger partial charge on any atom is -0.480 e. The van der Waals surface area contributed by atoms with E-state index in [4.69, 9.17) is 5.11 Å². The Morgan fingerprint density at radius 1 is 1.18 bits per heavy atom. The van der Waals surface area contributed by atoms with Crippen molar-refractivity contribution in [3.8, 4) is 11.3 Å². The molecule has 1 aromatic carbocycles. The number of amides is 1. The number of unbranched alkanes of at least 4 members (excludes halogenated alkanes) is 1. The molecule has 0 saturated heterocycles. The monoisotopic (exact) mass is 300 g/mol. The molecule has 5 heteroatoms. The summed E-state index contributed by atoms with van der Waals surface area (Å²) in [5.74, 6) is -1.40. The van der Waals surface area contributed by atoms with Crippen LogP contribution in [0.1, 0.15) is 36.7 Å². The molecule has 0 radical (unpaired) electrons. The Morgan fingerprint density at radius 3 is 2.55 bits per heavy atom. The molecule has 0 aliphatic carbocycles. The lowest BCUT2D eigenvalue weighted by molar-refractivity contribution is -0.139. The molecule has 1 aromatic heterocycles. The topological polar surface area (TPSA) is 82.2 Å². The Balaban J connectivity index is 2.06. The Hall–Kier alpha value is -2.56. The maximum absolute atomic E-state index is 12.2. The van der Waals surface area contributed by atoms with Crippen molar-refractivity contribution in [3.05, 3.63) is 48.2 Å². The molecule has 0 bridgehead atoms. The van der Waals surface area contributed by atoms with E-state index in [1.165, 1.54) is 0 Å². The van der Waals surface area contributed by atoms with Crippen molar-refractivity contribution in [2.45, 2.75) is 32.2 Å². The first kappa shape index (κ1) is 15.8. The first-order valence-corrected chi connectivity index (χ1v) is 7.40. The summed E-state index contributed by atoms with van der Waals surface area (Å²) in [6.45, 7) is 1.98. The molecular weight excluding hydrogens is 280 g/mol. The first-order valence-electron chi connectivity index (χ1n) is 7.40. The lowest BCUT2D eigenvalue weighted by Crippen LogP contribution is -2.40. The fraction of sp³-hybridized carbons (Fsp3) is 0.294. The van der Waals surface area contributed by atoms with Gasteiger partial charge in [-0.15, -0.1) is 0 Å². The van der Waals surface area contributed by atoms with E-state index in [9.17, 15) is 9.59 Å². The molecular formula is C17H20N2O3. The molecule has 1 amide bonds. The van der Waals surface area contributed by atoms with Crippen LogP contribution in [0, 0.1) is 0 Å². The number of aromatic nitrogens is 1. The first-order chi connectivity index (χ1) is 10.6. The predicted molar refractivity (Wildman–Crippen MR) is 84.6 cm³/mol. The second kappa shape index (κ2) is 7.45. The summed E-state index contributed by atoms with van der Waals surface area (Å²) < 4.78 is 0. The molecule has 0 spiro atoms. The van der Waals surface area contributed by atoms with E-state index in [1.807, 2.05) is 43.3 Å². The summed E-state index contributed by atoms with van der Waals surface area (Å²) in [5.41, 5.74) is 2.16. The van der Waals surface area contributed by atoms with Crippen molar-refractivity contribution < 1.29 is 14.7 Å². The zero-order valence-electron chi connectivity index (χ0n) is 12.5. The minimum atomic E-state index is -1.00. The van der Waals surface area contributed by atoms with Gasteiger partial charge in [0.2, 0.25) is 0 Å². The van der Waals surface area contributed by atoms with Gasteiger partial charge in [0.05, 0.1) is 0 Å². The molecule has 2 rings (SSSR count). The number of aromatic amines is 1. The molecule has 0 aliphatic rings. The van der Waals surface area contributed by atoms with Crippen molar-refractivity contribution in [1.29, 1.82) is 0 Å². The van der Waals surface area contributed by atoms with Crippen LogP contribution in [-0.2, 0) is 4.79 Å². The Morgan fingerprint density at radius 2 is 1.91 bits per heavy atom. The number of H-pyrrole nitrogens is 1. The molecule has 0 unspecified atom stereocenters. The number of hydrogen-bond donors (Lipinski definition) is 3. The van der Waals surface area contributed by atoms with Gasteiger partial charge in [-0.3, -0.25) is 4.79 Å². The second-order valence-corrected chi connectivity index (χ2v) is 5.16. The quantitative estimate of drug-likeness (QED) is 0.735. The SMILES string of the molecule is CCCC[C@H](NC(=O)c1ccc(-c2ccccc2)[nH]1)C(=O)O. The summed E-state index contributed by atoms with van der Waals surface area (Å²) in [6, 6.07) is 12.3. The third kappa shape index (κ3) is 3.97. The second-order valence-electron chi connectivity index (χ2n) is 5.16. The van der Waals surface area contributed by atoms with Crippen LogP contribution in [0.3, 0.4) is 0 Å². The lowest BCUT2D eigenvalue weighted by atomic mass is 10.1. The molecule has 1 atom stereocenters. The fourth-order valence-electron chi connectivity index (χ4n) is 2.22. The van der Waals surface area contributed by atoms with Crippen LogP contribution < -0.4 is 5.32 Å². The average Bonchev–Trinajstić information content (AvgIpc) is 3.02. The standard InChI is InChI=1S/C17H20N2O3/c1-2-3-9-15(17(21)22)19-16(20)14-11-10-13(18-14)12-7-5-4-6-8-12/h4-8,10-11,15,18H,2-3,9H2,1H3,(H,19,20)(H,21,22)/t15-/m0/s1. The van der Waals surface area contributed by atoms with Crippen LogP contribution in [0.25, 0.3) is 11.3 Å². The number of carbonyl (C=O) groups is 2. The third-order valence-electron chi connectivity index (χ3n) is 3.47. The Bertz CT molecular complexity index is 634. The van der Waals surface area contributed by atoms with Gasteiger partial charge in [-0.25, -0.2) is 4.79 Å². The maximum Gasteiger partial charge on any atom is 0.326 e. The van der Waals surface area contributed by atoms with Gasteiger partial charge in [0.1, 0.15) is 11.7 Å². The van der Waals surface area contributed by atoms with Gasteiger partial charge < -0.3 is 15.4 Å². The Kier molecular flexibility index (Phi) is 5.36. The van der Waals surface area contributed by atoms with Gasteiger partial charge in [-0.2, -0.15) is 0 Å². The van der Waals surface area contributed by atoms with Crippen LogP contribution in [0.5, 0.6) is 0 Å². The number of benzene rings is 1. The third-order valence-corrected chi connectivity index (χ3v) is 3.47. The van der Waals surface area contributed by atoms with E-state index >= 15 is 0 Å². The summed E-state index contributed by atoms with van der Waals surface area (Å²) in [7, 11) is 0. The van der Waals surface area contributed by atoms with Crippen molar-refractivity contribution in [3.63, 3.8) is 0 Å². The molecule has 0 fully saturated rings. The predicted octanol–water partition coefficient (Wildman–Crippen LogP) is 3.05. The highest BCUT2D eigenvalue weighted by atomic mass is 16.4. The van der Waals surface area contributed by atoms with Crippen molar-refractivity contribution in [2.75, 3.05) is 0 Å². The number of hydrogen-bond acceptors (Lipinski definition) is 2. The normalized spacial score (nSPS) is 11.9. The minimum absolute atomic E-state index is 0.363. The summed E-state index contributed by atoms with van der Waals surface area (Å²) in [5, 5.41) is 11.7. The maximum atomic E-state index is 12.2. The van der Waals surface area contributed by atoms with Crippen LogP contribution in [-0.4, -0.2) is 28.0 Å². The van der Waals surface area contributed by atoms with E-state index in [2.05, 4.69) is 10.3 Å². The number of aliphatic carboxylic acids is 1. The molecule has 22 heavy (non-hydrogen) atoms. The van der Waals surface area contributed by atoms with Crippen LogP contribution >= 0.6 is 0 Å². The van der Waals surface area contributed by atoms with E-state index in [-0.39, 0.29) is 0 Å².